The van der Waals surface area contributed by atoms with Crippen LogP contribution in [-0.2, 0) is 29.1 Å². The molecule has 0 bridgehead atoms. The number of methoxy groups -OCH3 is 1. The minimum Gasteiger partial charge on any atom is -0.497 e. The molecule has 4 aliphatic rings. The van der Waals surface area contributed by atoms with Crippen LogP contribution in [0.25, 0.3) is 33.5 Å². The van der Waals surface area contributed by atoms with E-state index in [9.17, 15) is 32.0 Å². The quantitative estimate of drug-likeness (QED) is 0.190. The van der Waals surface area contributed by atoms with Gasteiger partial charge in [-0.3, -0.25) is 19.1 Å². The number of ether oxygens (including phenoxy) is 3. The maximum atomic E-state index is 14.7. The number of halogens is 1. The van der Waals surface area contributed by atoms with Crippen LogP contribution in [0.2, 0.25) is 0 Å². The number of rotatable bonds is 8. The number of amides is 4. The van der Waals surface area contributed by atoms with Crippen molar-refractivity contribution in [3.63, 3.8) is 0 Å². The summed E-state index contributed by atoms with van der Waals surface area (Å²) in [6, 6.07) is 8.71. The molecule has 0 unspecified atom stereocenters. The summed E-state index contributed by atoms with van der Waals surface area (Å²) in [5, 5.41) is 5.29. The lowest BCUT2D eigenvalue weighted by Crippen LogP contribution is -2.58. The summed E-state index contributed by atoms with van der Waals surface area (Å²) in [5.41, 5.74) is -1.18. The van der Waals surface area contributed by atoms with E-state index in [2.05, 4.69) is 15.4 Å². The fourth-order valence-corrected chi connectivity index (χ4v) is 9.38. The van der Waals surface area contributed by atoms with Gasteiger partial charge in [-0.2, -0.15) is 4.98 Å². The molecule has 0 spiro atoms. The number of sulfonamides is 1. The second-order valence-electron chi connectivity index (χ2n) is 17.2. The molecule has 16 nitrogen and oxygen atoms in total. The van der Waals surface area contributed by atoms with Crippen molar-refractivity contribution in [1.29, 1.82) is 0 Å². The molecular formula is C43H49FN6O10S. The molecule has 18 heteroatoms. The Kier molecular flexibility index (Phi) is 11.2. The van der Waals surface area contributed by atoms with Crippen LogP contribution in [0, 0.1) is 11.7 Å². The monoisotopic (exact) mass is 860 g/mol. The molecule has 2 aromatic carbocycles. The number of benzene rings is 2. The Hall–Kier alpha value is -5.78. The van der Waals surface area contributed by atoms with Gasteiger partial charge in [0.25, 0.3) is 11.8 Å². The summed E-state index contributed by atoms with van der Waals surface area (Å²) in [6.45, 7) is 4.96. The average Bonchev–Trinajstić information content (AvgIpc) is 4.11. The highest BCUT2D eigenvalue weighted by atomic mass is 32.2. The van der Waals surface area contributed by atoms with E-state index in [4.69, 9.17) is 28.6 Å². The largest absolute Gasteiger partial charge is 0.497 e. The summed E-state index contributed by atoms with van der Waals surface area (Å²) < 4.78 is 66.3. The van der Waals surface area contributed by atoms with Crippen LogP contribution in [0.3, 0.4) is 0 Å². The molecule has 2 aliphatic carbocycles. The fourth-order valence-electron chi connectivity index (χ4n) is 8.02. The van der Waals surface area contributed by atoms with E-state index >= 15 is 0 Å². The molecule has 2 aromatic heterocycles. The van der Waals surface area contributed by atoms with Crippen LogP contribution >= 0.6 is 0 Å². The van der Waals surface area contributed by atoms with Crippen molar-refractivity contribution in [1.82, 2.24) is 30.2 Å². The number of hydrogen-bond acceptors (Lipinski definition) is 12. The first kappa shape index (κ1) is 41.9. The van der Waals surface area contributed by atoms with Gasteiger partial charge in [0.1, 0.15) is 52.0 Å². The molecule has 2 saturated carbocycles. The summed E-state index contributed by atoms with van der Waals surface area (Å²) in [6.07, 6.45) is 5.92. The van der Waals surface area contributed by atoms with Crippen molar-refractivity contribution in [2.45, 2.75) is 113 Å². The maximum Gasteiger partial charge on any atom is 0.408 e. The first-order chi connectivity index (χ1) is 29.0. The van der Waals surface area contributed by atoms with E-state index in [0.29, 0.717) is 54.4 Å². The zero-order chi connectivity index (χ0) is 43.3. The van der Waals surface area contributed by atoms with Crippen molar-refractivity contribution in [3.8, 4) is 23.0 Å². The number of allylic oxidation sites excluding steroid dienone is 1. The van der Waals surface area contributed by atoms with Gasteiger partial charge in [-0.15, -0.1) is 0 Å². The van der Waals surface area contributed by atoms with Crippen molar-refractivity contribution < 1.29 is 50.6 Å². The molecule has 3 N–H and O–H groups in total. The van der Waals surface area contributed by atoms with Crippen LogP contribution in [-0.4, -0.2) is 95.3 Å². The van der Waals surface area contributed by atoms with Crippen molar-refractivity contribution in [2.75, 3.05) is 13.7 Å². The Morgan fingerprint density at radius 2 is 1.85 bits per heavy atom. The normalized spacial score (nSPS) is 25.4. The molecule has 61 heavy (non-hydrogen) atoms. The smallest absolute Gasteiger partial charge is 0.408 e. The Bertz CT molecular complexity index is 2530. The molecule has 8 rings (SSSR count). The number of carbonyl (C=O) groups is 4. The van der Waals surface area contributed by atoms with E-state index in [1.165, 1.54) is 30.2 Å². The van der Waals surface area contributed by atoms with Crippen LogP contribution < -0.4 is 24.8 Å². The first-order valence-electron chi connectivity index (χ1n) is 20.6. The highest BCUT2D eigenvalue weighted by Gasteiger charge is 2.62. The predicted molar refractivity (Wildman–Crippen MR) is 220 cm³/mol. The van der Waals surface area contributed by atoms with Crippen molar-refractivity contribution >= 4 is 55.9 Å². The number of nitrogens with zero attached hydrogens (tertiary/aromatic N) is 3. The summed E-state index contributed by atoms with van der Waals surface area (Å²) in [7, 11) is -2.43. The Balaban J connectivity index is 1.16. The zero-order valence-electron chi connectivity index (χ0n) is 34.4. The summed E-state index contributed by atoms with van der Waals surface area (Å²) >= 11 is 0. The van der Waals surface area contributed by atoms with Crippen LogP contribution in [0.5, 0.6) is 11.6 Å². The minimum atomic E-state index is -3.95. The molecule has 4 heterocycles. The van der Waals surface area contributed by atoms with Gasteiger partial charge in [-0.05, 0) is 89.6 Å². The number of aromatic nitrogens is 2. The third-order valence-electron chi connectivity index (χ3n) is 11.4. The van der Waals surface area contributed by atoms with Gasteiger partial charge in [-0.25, -0.2) is 22.6 Å². The molecule has 3 fully saturated rings. The molecule has 5 atom stereocenters. The van der Waals surface area contributed by atoms with E-state index in [1.54, 1.807) is 45.0 Å². The summed E-state index contributed by atoms with van der Waals surface area (Å²) in [4.78, 5) is 67.1. The van der Waals surface area contributed by atoms with Gasteiger partial charge in [0.15, 0.2) is 5.82 Å². The van der Waals surface area contributed by atoms with Gasteiger partial charge >= 0.3 is 6.09 Å². The van der Waals surface area contributed by atoms with Crippen molar-refractivity contribution in [2.24, 2.45) is 5.92 Å². The maximum absolute atomic E-state index is 14.7. The fraction of sp³-hybridized carbons (Fsp3) is 0.488. The number of hydrogen-bond donors (Lipinski definition) is 3. The lowest BCUT2D eigenvalue weighted by atomic mass is 10.0. The highest BCUT2D eigenvalue weighted by molar-refractivity contribution is 7.91. The molecule has 4 amide bonds. The van der Waals surface area contributed by atoms with Gasteiger partial charge < -0.3 is 34.2 Å². The second kappa shape index (κ2) is 16.2. The predicted octanol–water partition coefficient (Wildman–Crippen LogP) is 5.44. The molecule has 324 valence electrons. The minimum absolute atomic E-state index is 0.0306. The first-order valence-corrected chi connectivity index (χ1v) is 22.1. The zero-order valence-corrected chi connectivity index (χ0v) is 35.2. The Morgan fingerprint density at radius 3 is 2.61 bits per heavy atom. The van der Waals surface area contributed by atoms with E-state index in [0.717, 1.165) is 6.42 Å². The average molecular weight is 861 g/mol. The molecule has 0 radical (unpaired) electrons. The van der Waals surface area contributed by atoms with Gasteiger partial charge in [0, 0.05) is 23.3 Å². The number of alkyl carbamates (subject to hydrolysis) is 1. The number of fused-ring (bicyclic) bond motifs is 5. The van der Waals surface area contributed by atoms with Crippen LogP contribution in [0.1, 0.15) is 78.6 Å². The van der Waals surface area contributed by atoms with E-state index in [1.807, 2.05) is 12.2 Å². The molecule has 4 aromatic rings. The van der Waals surface area contributed by atoms with E-state index in [-0.39, 0.29) is 48.6 Å². The van der Waals surface area contributed by atoms with Crippen LogP contribution in [0.15, 0.2) is 59.0 Å². The topological polar surface area (TPSA) is 208 Å². The molecule has 2 aliphatic heterocycles. The Labute approximate surface area is 352 Å². The third kappa shape index (κ3) is 8.99. The number of carbonyl (C=O) groups excluding carboxylic acids is 4. The summed E-state index contributed by atoms with van der Waals surface area (Å²) in [5.74, 6) is -2.40. The van der Waals surface area contributed by atoms with Gasteiger partial charge in [-0.1, -0.05) is 37.1 Å². The lowest BCUT2D eigenvalue weighted by molar-refractivity contribution is -0.141. The molecular weight excluding hydrogens is 812 g/mol. The molecule has 1 saturated heterocycles. The van der Waals surface area contributed by atoms with E-state index < -0.39 is 80.2 Å². The Morgan fingerprint density at radius 1 is 1.05 bits per heavy atom. The number of nitrogens with one attached hydrogen (secondary N) is 3. The van der Waals surface area contributed by atoms with Crippen LogP contribution in [0.4, 0.5) is 9.18 Å². The lowest BCUT2D eigenvalue weighted by Gasteiger charge is -2.30. The van der Waals surface area contributed by atoms with Crippen molar-refractivity contribution in [3.05, 3.63) is 60.4 Å². The third-order valence-corrected chi connectivity index (χ3v) is 13.2. The second-order valence-corrected chi connectivity index (χ2v) is 19.2. The number of furan rings is 1. The van der Waals surface area contributed by atoms with Gasteiger partial charge in [0.2, 0.25) is 27.4 Å². The SMILES string of the molecule is COc1cccc(-c2nc(O[C@@H]3C[C@H]4C(=O)N[C@]5(C(=O)NS(=O)(=O)C6CC6)C[C@@H]5/C=C\CCCCC[C@H](NC(=O)OC(C)(C)C)C(=O)N4C3)c3oc4ccc(F)cc4c3n2)c1. The van der Waals surface area contributed by atoms with Gasteiger partial charge in [0.05, 0.1) is 18.9 Å². The standard InChI is InChI=1S/C43H49FN6O10S/c1-42(2,3)60-41(54)45-31-14-9-7-5-6-8-12-25-22-43(25,40(53)49-61(55,56)29-16-17-29)48-37(51)32-21-28(23-50(32)39(31)52)58-38-35-34(30-20-26(44)15-18-33(30)59-35)46-36(47-38)24-11-10-13-27(19-24)57-4/h8,10-13,15,18-20,25,28-29,31-32H,5-7,9,14,16-17,21-23H2,1-4H3,(H,45,54)(H,48,51)(H,49,53)/b12-8-/t25-,28+,31-,32-,43+/m0/s1. The highest BCUT2D eigenvalue weighted by Crippen LogP contribution is 2.46.